The Morgan fingerprint density at radius 3 is 2.94 bits per heavy atom. The average Bonchev–Trinajstić information content (AvgIpc) is 2.35. The van der Waals surface area contributed by atoms with Gasteiger partial charge in [0.15, 0.2) is 0 Å². The van der Waals surface area contributed by atoms with Crippen molar-refractivity contribution in [2.45, 2.75) is 19.8 Å². The fourth-order valence-corrected chi connectivity index (χ4v) is 2.40. The quantitative estimate of drug-likeness (QED) is 0.873. The highest BCUT2D eigenvalue weighted by atomic mass is 79.9. The Hall–Kier alpha value is -0.580. The lowest BCUT2D eigenvalue weighted by Gasteiger charge is -2.22. The first-order chi connectivity index (χ1) is 8.16. The summed E-state index contributed by atoms with van der Waals surface area (Å²) in [6.45, 7) is 3.82. The number of hydrogen-bond acceptors (Lipinski definition) is 2. The third-order valence-electron chi connectivity index (χ3n) is 3.13. The molecule has 18 heavy (non-hydrogen) atoms. The first kappa shape index (κ1) is 15.5. The molecular formula is C13H18BrClN2O. The molecule has 0 bridgehead atoms. The van der Waals surface area contributed by atoms with Gasteiger partial charge in [-0.25, -0.2) is 0 Å². The lowest BCUT2D eigenvalue weighted by atomic mass is 9.98. The molecule has 1 aliphatic heterocycles. The molecule has 0 saturated carbocycles. The minimum atomic E-state index is 0. The van der Waals surface area contributed by atoms with Crippen LogP contribution in [-0.4, -0.2) is 19.0 Å². The van der Waals surface area contributed by atoms with Crippen molar-refractivity contribution in [1.82, 2.24) is 5.32 Å². The molecule has 0 radical (unpaired) electrons. The Kier molecular flexibility index (Phi) is 6.12. The van der Waals surface area contributed by atoms with Gasteiger partial charge in [-0.3, -0.25) is 4.79 Å². The number of aryl methyl sites for hydroxylation is 1. The highest BCUT2D eigenvalue weighted by molar-refractivity contribution is 9.10. The largest absolute Gasteiger partial charge is 0.326 e. The molecule has 2 N–H and O–H groups in total. The van der Waals surface area contributed by atoms with E-state index >= 15 is 0 Å². The van der Waals surface area contributed by atoms with E-state index in [0.717, 1.165) is 41.7 Å². The normalized spacial score (nSPS) is 18.9. The summed E-state index contributed by atoms with van der Waals surface area (Å²) in [5, 5.41) is 6.27. The van der Waals surface area contributed by atoms with E-state index in [1.165, 1.54) is 0 Å². The van der Waals surface area contributed by atoms with Gasteiger partial charge in [0.1, 0.15) is 0 Å². The Morgan fingerprint density at radius 1 is 1.50 bits per heavy atom. The van der Waals surface area contributed by atoms with Gasteiger partial charge in [0.05, 0.1) is 5.92 Å². The second-order valence-electron chi connectivity index (χ2n) is 4.49. The van der Waals surface area contributed by atoms with Crippen molar-refractivity contribution in [3.05, 3.63) is 28.2 Å². The average molecular weight is 334 g/mol. The molecule has 0 aromatic heterocycles. The third-order valence-corrected chi connectivity index (χ3v) is 3.62. The van der Waals surface area contributed by atoms with Crippen LogP contribution >= 0.6 is 28.3 Å². The number of rotatable bonds is 2. The van der Waals surface area contributed by atoms with E-state index in [0.29, 0.717) is 0 Å². The van der Waals surface area contributed by atoms with Gasteiger partial charge >= 0.3 is 0 Å². The maximum atomic E-state index is 12.1. The summed E-state index contributed by atoms with van der Waals surface area (Å²) < 4.78 is 0.986. The van der Waals surface area contributed by atoms with Crippen LogP contribution < -0.4 is 10.6 Å². The molecule has 0 aliphatic carbocycles. The van der Waals surface area contributed by atoms with Crippen molar-refractivity contribution in [3.63, 3.8) is 0 Å². The minimum Gasteiger partial charge on any atom is -0.326 e. The molecule has 2 rings (SSSR count). The SMILES string of the molecule is Cc1ccc(Br)cc1NC(=O)C1CCCNC1.Cl. The van der Waals surface area contributed by atoms with Gasteiger partial charge in [0.25, 0.3) is 0 Å². The first-order valence-electron chi connectivity index (χ1n) is 5.94. The van der Waals surface area contributed by atoms with E-state index in [1.54, 1.807) is 0 Å². The van der Waals surface area contributed by atoms with E-state index in [2.05, 4.69) is 26.6 Å². The standard InChI is InChI=1S/C13H17BrN2O.ClH/c1-9-4-5-11(14)7-12(9)16-13(17)10-3-2-6-15-8-10;/h4-5,7,10,15H,2-3,6,8H2,1H3,(H,16,17);1H. The number of carbonyl (C=O) groups is 1. The van der Waals surface area contributed by atoms with E-state index in [9.17, 15) is 4.79 Å². The third kappa shape index (κ3) is 3.97. The molecular weight excluding hydrogens is 316 g/mol. The zero-order valence-corrected chi connectivity index (χ0v) is 12.7. The number of halogens is 2. The highest BCUT2D eigenvalue weighted by Crippen LogP contribution is 2.22. The van der Waals surface area contributed by atoms with Crippen LogP contribution in [0.15, 0.2) is 22.7 Å². The maximum absolute atomic E-state index is 12.1. The summed E-state index contributed by atoms with van der Waals surface area (Å²) in [7, 11) is 0. The summed E-state index contributed by atoms with van der Waals surface area (Å²) in [6.07, 6.45) is 2.06. The van der Waals surface area contributed by atoms with Crippen LogP contribution in [0.25, 0.3) is 0 Å². The van der Waals surface area contributed by atoms with Gasteiger partial charge in [-0.15, -0.1) is 12.4 Å². The zero-order valence-electron chi connectivity index (χ0n) is 10.3. The van der Waals surface area contributed by atoms with Crippen molar-refractivity contribution in [1.29, 1.82) is 0 Å². The zero-order chi connectivity index (χ0) is 12.3. The van der Waals surface area contributed by atoms with Gasteiger partial charge in [-0.05, 0) is 44.0 Å². The second kappa shape index (κ2) is 7.12. The molecule has 5 heteroatoms. The molecule has 100 valence electrons. The minimum absolute atomic E-state index is 0. The van der Waals surface area contributed by atoms with Gasteiger partial charge < -0.3 is 10.6 Å². The molecule has 1 aromatic rings. The maximum Gasteiger partial charge on any atom is 0.228 e. The van der Waals surface area contributed by atoms with Crippen molar-refractivity contribution < 1.29 is 4.79 Å². The molecule has 1 amide bonds. The fourth-order valence-electron chi connectivity index (χ4n) is 2.04. The number of benzene rings is 1. The molecule has 1 saturated heterocycles. The molecule has 1 fully saturated rings. The van der Waals surface area contributed by atoms with Crippen LogP contribution in [0, 0.1) is 12.8 Å². The fraction of sp³-hybridized carbons (Fsp3) is 0.462. The van der Waals surface area contributed by atoms with Gasteiger partial charge in [-0.2, -0.15) is 0 Å². The summed E-state index contributed by atoms with van der Waals surface area (Å²) >= 11 is 3.42. The number of anilines is 1. The van der Waals surface area contributed by atoms with E-state index in [4.69, 9.17) is 0 Å². The van der Waals surface area contributed by atoms with Gasteiger partial charge in [-0.1, -0.05) is 22.0 Å². The van der Waals surface area contributed by atoms with Crippen LogP contribution in [0.5, 0.6) is 0 Å². The highest BCUT2D eigenvalue weighted by Gasteiger charge is 2.21. The van der Waals surface area contributed by atoms with Gasteiger partial charge in [0.2, 0.25) is 5.91 Å². The number of piperidine rings is 1. The predicted octanol–water partition coefficient (Wildman–Crippen LogP) is 3.12. The topological polar surface area (TPSA) is 41.1 Å². The monoisotopic (exact) mass is 332 g/mol. The molecule has 1 aromatic carbocycles. The van der Waals surface area contributed by atoms with E-state index < -0.39 is 0 Å². The predicted molar refractivity (Wildman–Crippen MR) is 80.4 cm³/mol. The molecule has 1 heterocycles. The Labute approximate surface area is 122 Å². The van der Waals surface area contributed by atoms with Crippen LogP contribution in [0.3, 0.4) is 0 Å². The summed E-state index contributed by atoms with van der Waals surface area (Å²) in [6, 6.07) is 5.93. The summed E-state index contributed by atoms with van der Waals surface area (Å²) in [4.78, 5) is 12.1. The van der Waals surface area contributed by atoms with Crippen molar-refractivity contribution in [2.24, 2.45) is 5.92 Å². The number of carbonyl (C=O) groups excluding carboxylic acids is 1. The van der Waals surface area contributed by atoms with Gasteiger partial charge in [0, 0.05) is 16.7 Å². The molecule has 1 atom stereocenters. The smallest absolute Gasteiger partial charge is 0.228 e. The summed E-state index contributed by atoms with van der Waals surface area (Å²) in [5.41, 5.74) is 1.99. The first-order valence-corrected chi connectivity index (χ1v) is 6.74. The van der Waals surface area contributed by atoms with Crippen LogP contribution in [0.2, 0.25) is 0 Å². The lowest BCUT2D eigenvalue weighted by molar-refractivity contribution is -0.120. The van der Waals surface area contributed by atoms with Crippen molar-refractivity contribution in [3.8, 4) is 0 Å². The Bertz CT molecular complexity index is 419. The van der Waals surface area contributed by atoms with E-state index in [-0.39, 0.29) is 24.2 Å². The molecule has 3 nitrogen and oxygen atoms in total. The van der Waals surface area contributed by atoms with Crippen LogP contribution in [-0.2, 0) is 4.79 Å². The number of amides is 1. The molecule has 1 unspecified atom stereocenters. The molecule has 0 spiro atoms. The van der Waals surface area contributed by atoms with Crippen LogP contribution in [0.4, 0.5) is 5.69 Å². The van der Waals surface area contributed by atoms with Crippen molar-refractivity contribution >= 4 is 39.9 Å². The second-order valence-corrected chi connectivity index (χ2v) is 5.41. The van der Waals surface area contributed by atoms with Crippen LogP contribution in [0.1, 0.15) is 18.4 Å². The summed E-state index contributed by atoms with van der Waals surface area (Å²) in [5.74, 6) is 0.223. The Balaban J connectivity index is 0.00000162. The number of hydrogen-bond donors (Lipinski definition) is 2. The lowest BCUT2D eigenvalue weighted by Crippen LogP contribution is -2.37. The number of nitrogens with one attached hydrogen (secondary N) is 2. The molecule has 1 aliphatic rings. The van der Waals surface area contributed by atoms with Crippen molar-refractivity contribution in [2.75, 3.05) is 18.4 Å². The van der Waals surface area contributed by atoms with E-state index in [1.807, 2.05) is 25.1 Å². The Morgan fingerprint density at radius 2 is 2.28 bits per heavy atom.